The molecule has 0 aliphatic carbocycles. The summed E-state index contributed by atoms with van der Waals surface area (Å²) in [6.07, 6.45) is 15.3. The molecular formula is C17H28F2O. The number of hydrogen-bond acceptors (Lipinski definition) is 1. The number of unbranched alkanes of at least 4 members (excludes halogenated alkanes) is 5. The van der Waals surface area contributed by atoms with E-state index in [9.17, 15) is 8.78 Å². The molecule has 0 amide bonds. The Bertz CT molecular complexity index is 306. The molecule has 0 atom stereocenters. The van der Waals surface area contributed by atoms with E-state index in [-0.39, 0.29) is 12.2 Å². The zero-order chi connectivity index (χ0) is 15.1. The summed E-state index contributed by atoms with van der Waals surface area (Å²) < 4.78 is 25.8. The van der Waals surface area contributed by atoms with Crippen molar-refractivity contribution in [2.45, 2.75) is 64.7 Å². The highest BCUT2D eigenvalue weighted by molar-refractivity contribution is 5.01. The van der Waals surface area contributed by atoms with E-state index >= 15 is 0 Å². The van der Waals surface area contributed by atoms with Crippen LogP contribution < -0.4 is 0 Å². The van der Waals surface area contributed by atoms with Gasteiger partial charge in [0.2, 0.25) is 0 Å². The maximum atomic E-state index is 13.3. The highest BCUT2D eigenvalue weighted by atomic mass is 19.1. The lowest BCUT2D eigenvalue weighted by molar-refractivity contribution is 0.297. The van der Waals surface area contributed by atoms with Gasteiger partial charge in [0.15, 0.2) is 0 Å². The Morgan fingerprint density at radius 2 is 1.50 bits per heavy atom. The van der Waals surface area contributed by atoms with Crippen LogP contribution >= 0.6 is 0 Å². The first-order valence-corrected chi connectivity index (χ1v) is 7.65. The van der Waals surface area contributed by atoms with Crippen LogP contribution in [0.15, 0.2) is 36.0 Å². The van der Waals surface area contributed by atoms with Crippen LogP contribution in [0.2, 0.25) is 0 Å². The molecule has 0 aliphatic heterocycles. The topological polar surface area (TPSA) is 20.2 Å². The molecule has 116 valence electrons. The number of aliphatic hydroxyl groups excluding tert-OH is 1. The van der Waals surface area contributed by atoms with E-state index in [4.69, 9.17) is 5.11 Å². The maximum absolute atomic E-state index is 13.3. The smallest absolute Gasteiger partial charge is 0.122 e. The van der Waals surface area contributed by atoms with E-state index in [0.717, 1.165) is 25.7 Å². The third-order valence-electron chi connectivity index (χ3n) is 3.01. The molecule has 0 saturated heterocycles. The summed E-state index contributed by atoms with van der Waals surface area (Å²) in [6.45, 7) is 1.58. The summed E-state index contributed by atoms with van der Waals surface area (Å²) in [6, 6.07) is 0. The van der Waals surface area contributed by atoms with Gasteiger partial charge in [-0.05, 0) is 57.1 Å². The zero-order valence-electron chi connectivity index (χ0n) is 12.6. The molecule has 0 aromatic heterocycles. The van der Waals surface area contributed by atoms with Crippen LogP contribution in [0, 0.1) is 0 Å². The van der Waals surface area contributed by atoms with Crippen molar-refractivity contribution in [1.29, 1.82) is 0 Å². The molecule has 20 heavy (non-hydrogen) atoms. The lowest BCUT2D eigenvalue weighted by Gasteiger charge is -1.97. The SMILES string of the molecule is CCCCCC=CCCCCC(F)=CCC=C(F)CO. The van der Waals surface area contributed by atoms with E-state index in [2.05, 4.69) is 19.1 Å². The van der Waals surface area contributed by atoms with E-state index in [0.29, 0.717) is 6.42 Å². The van der Waals surface area contributed by atoms with Crippen LogP contribution in [-0.4, -0.2) is 11.7 Å². The highest BCUT2D eigenvalue weighted by Crippen LogP contribution is 2.12. The molecular weight excluding hydrogens is 258 g/mol. The standard InChI is InChI=1S/C17H28F2O/c1-2-3-4-5-6-7-8-9-10-12-16(18)13-11-14-17(19)15-20/h6-7,13-14,20H,2-5,8-12,15H2,1H3. The summed E-state index contributed by atoms with van der Waals surface area (Å²) in [5.74, 6) is -0.804. The van der Waals surface area contributed by atoms with Crippen molar-refractivity contribution in [1.82, 2.24) is 0 Å². The van der Waals surface area contributed by atoms with Crippen molar-refractivity contribution in [3.63, 3.8) is 0 Å². The number of aliphatic hydroxyl groups is 1. The molecule has 0 aliphatic rings. The van der Waals surface area contributed by atoms with Gasteiger partial charge in [-0.15, -0.1) is 0 Å². The lowest BCUT2D eigenvalue weighted by atomic mass is 10.1. The second-order valence-corrected chi connectivity index (χ2v) is 4.91. The molecule has 0 rings (SSSR count). The second kappa shape index (κ2) is 14.4. The van der Waals surface area contributed by atoms with Gasteiger partial charge in [0.1, 0.15) is 5.83 Å². The molecule has 0 spiro atoms. The molecule has 0 bridgehead atoms. The van der Waals surface area contributed by atoms with Crippen molar-refractivity contribution in [2.75, 3.05) is 6.61 Å². The first kappa shape index (κ1) is 19.0. The van der Waals surface area contributed by atoms with Crippen LogP contribution in [0.3, 0.4) is 0 Å². The van der Waals surface area contributed by atoms with Gasteiger partial charge in [0.05, 0.1) is 12.4 Å². The van der Waals surface area contributed by atoms with Crippen molar-refractivity contribution >= 4 is 0 Å². The molecule has 1 N–H and O–H groups in total. The molecule has 0 radical (unpaired) electrons. The van der Waals surface area contributed by atoms with Gasteiger partial charge in [0, 0.05) is 0 Å². The Kier molecular flexibility index (Phi) is 13.8. The Morgan fingerprint density at radius 1 is 0.900 bits per heavy atom. The number of hydrogen-bond donors (Lipinski definition) is 1. The average molecular weight is 286 g/mol. The van der Waals surface area contributed by atoms with E-state index in [1.165, 1.54) is 31.4 Å². The predicted octanol–water partition coefficient (Wildman–Crippen LogP) is 5.77. The molecule has 0 aromatic carbocycles. The average Bonchev–Trinajstić information content (AvgIpc) is 2.45. The van der Waals surface area contributed by atoms with Crippen molar-refractivity contribution in [2.24, 2.45) is 0 Å². The number of rotatable bonds is 12. The van der Waals surface area contributed by atoms with Gasteiger partial charge >= 0.3 is 0 Å². The third-order valence-corrected chi connectivity index (χ3v) is 3.01. The molecule has 3 heteroatoms. The maximum Gasteiger partial charge on any atom is 0.122 e. The highest BCUT2D eigenvalue weighted by Gasteiger charge is 1.95. The van der Waals surface area contributed by atoms with Crippen molar-refractivity contribution in [3.05, 3.63) is 36.0 Å². The lowest BCUT2D eigenvalue weighted by Crippen LogP contribution is -1.82. The van der Waals surface area contributed by atoms with Gasteiger partial charge in [-0.2, -0.15) is 0 Å². The van der Waals surface area contributed by atoms with Crippen molar-refractivity contribution in [3.8, 4) is 0 Å². The minimum atomic E-state index is -0.611. The van der Waals surface area contributed by atoms with Crippen LogP contribution in [-0.2, 0) is 0 Å². The first-order chi connectivity index (χ1) is 9.70. The Morgan fingerprint density at radius 3 is 2.10 bits per heavy atom. The summed E-state index contributed by atoms with van der Waals surface area (Å²) in [4.78, 5) is 0. The number of halogens is 2. The summed E-state index contributed by atoms with van der Waals surface area (Å²) >= 11 is 0. The molecule has 0 unspecified atom stereocenters. The van der Waals surface area contributed by atoms with Gasteiger partial charge < -0.3 is 5.11 Å². The largest absolute Gasteiger partial charge is 0.389 e. The first-order valence-electron chi connectivity index (χ1n) is 7.65. The summed E-state index contributed by atoms with van der Waals surface area (Å²) in [5.41, 5.74) is 0. The zero-order valence-corrected chi connectivity index (χ0v) is 12.6. The van der Waals surface area contributed by atoms with Gasteiger partial charge in [-0.25, -0.2) is 8.78 Å². The van der Waals surface area contributed by atoms with Crippen LogP contribution in [0.4, 0.5) is 8.78 Å². The van der Waals surface area contributed by atoms with Crippen LogP contribution in [0.1, 0.15) is 64.7 Å². The monoisotopic (exact) mass is 286 g/mol. The normalized spacial score (nSPS) is 13.4. The quantitative estimate of drug-likeness (QED) is 0.356. The number of allylic oxidation sites excluding steroid dienone is 5. The fourth-order valence-electron chi connectivity index (χ4n) is 1.79. The van der Waals surface area contributed by atoms with E-state index < -0.39 is 12.4 Å². The minimum absolute atomic E-state index is 0.195. The predicted molar refractivity (Wildman–Crippen MR) is 81.8 cm³/mol. The minimum Gasteiger partial charge on any atom is -0.389 e. The second-order valence-electron chi connectivity index (χ2n) is 4.91. The van der Waals surface area contributed by atoms with Gasteiger partial charge in [-0.1, -0.05) is 31.9 Å². The molecule has 0 saturated carbocycles. The fourth-order valence-corrected chi connectivity index (χ4v) is 1.79. The van der Waals surface area contributed by atoms with Crippen LogP contribution in [0.25, 0.3) is 0 Å². The molecule has 0 fully saturated rings. The van der Waals surface area contributed by atoms with Crippen LogP contribution in [0.5, 0.6) is 0 Å². The fraction of sp³-hybridized carbons (Fsp3) is 0.647. The molecule has 1 nitrogen and oxygen atoms in total. The van der Waals surface area contributed by atoms with Gasteiger partial charge in [-0.3, -0.25) is 0 Å². The molecule has 0 aromatic rings. The summed E-state index contributed by atoms with van der Waals surface area (Å²) in [5, 5.41) is 8.43. The summed E-state index contributed by atoms with van der Waals surface area (Å²) in [7, 11) is 0. The third kappa shape index (κ3) is 13.5. The van der Waals surface area contributed by atoms with E-state index in [1.54, 1.807) is 0 Å². The van der Waals surface area contributed by atoms with Gasteiger partial charge in [0.25, 0.3) is 0 Å². The van der Waals surface area contributed by atoms with E-state index in [1.807, 2.05) is 0 Å². The Labute approximate surface area is 122 Å². The van der Waals surface area contributed by atoms with Crippen molar-refractivity contribution < 1.29 is 13.9 Å². The Balaban J connectivity index is 3.52. The Hall–Kier alpha value is -0.960. The molecule has 0 heterocycles.